The summed E-state index contributed by atoms with van der Waals surface area (Å²) in [6.45, 7) is 1.60. The van der Waals surface area contributed by atoms with Crippen LogP contribution in [0, 0.1) is 0 Å². The van der Waals surface area contributed by atoms with Gasteiger partial charge in [-0.25, -0.2) is 4.98 Å². The van der Waals surface area contributed by atoms with Crippen LogP contribution in [0.1, 0.15) is 18.9 Å². The predicted octanol–water partition coefficient (Wildman–Crippen LogP) is 1.10. The standard InChI is InChI=1S/C12H7ClF3NO2.C3H6O2.Na/c13-10-5-7(12(14,15)16)6-17-11(10)19-9-3-1-8(18)2-4-9;1-2-3(4)5;/h1-6,18H;2H2,1H3,(H,4,5);/q;;+1/p-1. The quantitative estimate of drug-likeness (QED) is 0.800. The van der Waals surface area contributed by atoms with E-state index in [1.54, 1.807) is 6.92 Å². The number of carboxylic acids is 1. The summed E-state index contributed by atoms with van der Waals surface area (Å²) in [7, 11) is 0. The molecule has 0 amide bonds. The molecule has 1 heterocycles. The molecule has 1 N–H and O–H groups in total. The van der Waals surface area contributed by atoms with Crippen molar-refractivity contribution in [3.8, 4) is 17.4 Å². The Morgan fingerprint density at radius 2 is 1.84 bits per heavy atom. The van der Waals surface area contributed by atoms with Crippen molar-refractivity contribution in [3.05, 3.63) is 47.1 Å². The molecule has 0 fully saturated rings. The molecule has 0 unspecified atom stereocenters. The number of hydrogen-bond donors (Lipinski definition) is 1. The van der Waals surface area contributed by atoms with Gasteiger partial charge in [0.1, 0.15) is 10.8 Å². The molecular formula is C15H12ClF3NNaO4. The van der Waals surface area contributed by atoms with Crippen molar-refractivity contribution >= 4 is 17.6 Å². The molecule has 0 spiro atoms. The minimum Gasteiger partial charge on any atom is -0.872 e. The van der Waals surface area contributed by atoms with Crippen LogP contribution in [0.2, 0.25) is 5.02 Å². The van der Waals surface area contributed by atoms with E-state index in [1.165, 1.54) is 24.3 Å². The zero-order valence-corrected chi connectivity index (χ0v) is 16.1. The maximum Gasteiger partial charge on any atom is 1.00 e. The van der Waals surface area contributed by atoms with E-state index >= 15 is 0 Å². The maximum absolute atomic E-state index is 12.4. The van der Waals surface area contributed by atoms with Gasteiger partial charge in [0.2, 0.25) is 5.88 Å². The molecule has 10 heteroatoms. The zero-order chi connectivity index (χ0) is 18.3. The van der Waals surface area contributed by atoms with Crippen LogP contribution in [0.5, 0.6) is 17.4 Å². The zero-order valence-electron chi connectivity index (χ0n) is 13.3. The molecule has 0 saturated heterocycles. The number of rotatable bonds is 3. The summed E-state index contributed by atoms with van der Waals surface area (Å²) < 4.78 is 42.4. The summed E-state index contributed by atoms with van der Waals surface area (Å²) in [6, 6.07) is 5.99. The molecule has 2 aromatic rings. The first-order valence-corrected chi connectivity index (χ1v) is 6.90. The minimum atomic E-state index is -4.51. The Labute approximate surface area is 168 Å². The molecule has 0 saturated carbocycles. The first-order chi connectivity index (χ1) is 11.1. The second-order valence-corrected chi connectivity index (χ2v) is 4.74. The van der Waals surface area contributed by atoms with Gasteiger partial charge in [-0.1, -0.05) is 30.7 Å². The van der Waals surface area contributed by atoms with Gasteiger partial charge in [0.15, 0.2) is 0 Å². The van der Waals surface area contributed by atoms with Gasteiger partial charge < -0.3 is 14.9 Å². The van der Waals surface area contributed by atoms with Crippen LogP contribution in [-0.4, -0.2) is 16.1 Å². The number of halogens is 4. The fourth-order valence-electron chi connectivity index (χ4n) is 1.27. The average molecular weight is 386 g/mol. The van der Waals surface area contributed by atoms with Crippen LogP contribution in [0.4, 0.5) is 13.2 Å². The topological polar surface area (TPSA) is 82.5 Å². The summed E-state index contributed by atoms with van der Waals surface area (Å²) in [4.78, 5) is 12.9. The Kier molecular flexibility index (Phi) is 9.88. The second kappa shape index (κ2) is 10.5. The number of aromatic nitrogens is 1. The van der Waals surface area contributed by atoms with Gasteiger partial charge in [0.05, 0.1) is 5.56 Å². The van der Waals surface area contributed by atoms with Gasteiger partial charge in [-0.2, -0.15) is 13.2 Å². The molecule has 0 bridgehead atoms. The third kappa shape index (κ3) is 8.44. The Balaban J connectivity index is 0.000000848. The molecule has 1 aromatic heterocycles. The number of aliphatic carboxylic acids is 1. The van der Waals surface area contributed by atoms with Crippen molar-refractivity contribution in [1.82, 2.24) is 4.98 Å². The number of carbonyl (C=O) groups is 1. The number of benzene rings is 1. The first-order valence-electron chi connectivity index (χ1n) is 6.53. The van der Waals surface area contributed by atoms with Crippen LogP contribution >= 0.6 is 11.6 Å². The molecule has 2 rings (SSSR count). The van der Waals surface area contributed by atoms with E-state index in [1.807, 2.05) is 0 Å². The maximum atomic E-state index is 12.4. The number of carboxylic acid groups (broad SMARTS) is 1. The SMILES string of the molecule is CCC(=O)O.[Na+].[O-]c1ccc(Oc2ncc(C(F)(F)F)cc2Cl)cc1. The predicted molar refractivity (Wildman–Crippen MR) is 78.1 cm³/mol. The van der Waals surface area contributed by atoms with Crippen LogP contribution in [0.25, 0.3) is 0 Å². The van der Waals surface area contributed by atoms with Crippen LogP contribution in [0.15, 0.2) is 36.5 Å². The molecule has 0 aliphatic carbocycles. The van der Waals surface area contributed by atoms with E-state index in [-0.39, 0.29) is 58.4 Å². The summed E-state index contributed by atoms with van der Waals surface area (Å²) in [5, 5.41) is 18.3. The number of hydrogen-bond acceptors (Lipinski definition) is 4. The van der Waals surface area contributed by atoms with E-state index in [0.717, 1.165) is 6.07 Å². The number of alkyl halides is 3. The van der Waals surface area contributed by atoms with E-state index < -0.39 is 17.7 Å². The summed E-state index contributed by atoms with van der Waals surface area (Å²) in [6.07, 6.45) is -3.66. The number of pyridine rings is 1. The molecule has 5 nitrogen and oxygen atoms in total. The van der Waals surface area contributed by atoms with Gasteiger partial charge in [-0.15, -0.1) is 5.75 Å². The van der Waals surface area contributed by atoms with Gasteiger partial charge >= 0.3 is 41.7 Å². The molecule has 0 aliphatic heterocycles. The average Bonchev–Trinajstić information content (AvgIpc) is 2.51. The fraction of sp³-hybridized carbons (Fsp3) is 0.200. The van der Waals surface area contributed by atoms with Crippen molar-refractivity contribution in [2.45, 2.75) is 19.5 Å². The second-order valence-electron chi connectivity index (χ2n) is 4.33. The Hall–Kier alpha value is -1.48. The first kappa shape index (κ1) is 23.5. The monoisotopic (exact) mass is 385 g/mol. The van der Waals surface area contributed by atoms with E-state index in [0.29, 0.717) is 6.20 Å². The van der Waals surface area contributed by atoms with Gasteiger partial charge in [-0.05, 0) is 18.2 Å². The molecular weight excluding hydrogens is 374 g/mol. The van der Waals surface area contributed by atoms with Crippen molar-refractivity contribution in [2.75, 3.05) is 0 Å². The van der Waals surface area contributed by atoms with Crippen molar-refractivity contribution in [3.63, 3.8) is 0 Å². The van der Waals surface area contributed by atoms with Gasteiger partial charge in [0, 0.05) is 12.6 Å². The Morgan fingerprint density at radius 3 is 2.24 bits per heavy atom. The van der Waals surface area contributed by atoms with Crippen LogP contribution < -0.4 is 39.4 Å². The molecule has 1 aromatic carbocycles. The number of nitrogens with zero attached hydrogens (tertiary/aromatic N) is 1. The van der Waals surface area contributed by atoms with Crippen molar-refractivity contribution in [2.24, 2.45) is 0 Å². The van der Waals surface area contributed by atoms with E-state index in [9.17, 15) is 23.1 Å². The summed E-state index contributed by atoms with van der Waals surface area (Å²) in [5.74, 6) is -0.856. The van der Waals surface area contributed by atoms with Gasteiger partial charge in [-0.3, -0.25) is 4.79 Å². The fourth-order valence-corrected chi connectivity index (χ4v) is 1.48. The van der Waals surface area contributed by atoms with Crippen LogP contribution in [0.3, 0.4) is 0 Å². The van der Waals surface area contributed by atoms with Crippen molar-refractivity contribution < 1.29 is 62.5 Å². The third-order valence-corrected chi connectivity index (χ3v) is 2.75. The van der Waals surface area contributed by atoms with E-state index in [4.69, 9.17) is 21.4 Å². The summed E-state index contributed by atoms with van der Waals surface area (Å²) >= 11 is 5.67. The van der Waals surface area contributed by atoms with Crippen LogP contribution in [-0.2, 0) is 11.0 Å². The third-order valence-electron chi connectivity index (χ3n) is 2.48. The minimum absolute atomic E-state index is 0. The summed E-state index contributed by atoms with van der Waals surface area (Å²) in [5.41, 5.74) is -0.959. The van der Waals surface area contributed by atoms with Crippen molar-refractivity contribution in [1.29, 1.82) is 0 Å². The molecule has 0 radical (unpaired) electrons. The smallest absolute Gasteiger partial charge is 0.872 e. The Bertz CT molecular complexity index is 696. The van der Waals surface area contributed by atoms with E-state index in [2.05, 4.69) is 4.98 Å². The molecule has 0 atom stereocenters. The largest absolute Gasteiger partial charge is 1.00 e. The molecule has 130 valence electrons. The Morgan fingerprint density at radius 1 is 1.32 bits per heavy atom. The molecule has 0 aliphatic rings. The van der Waals surface area contributed by atoms with Gasteiger partial charge in [0.25, 0.3) is 0 Å². The molecule has 25 heavy (non-hydrogen) atoms. The number of ether oxygens (including phenoxy) is 1. The normalized spacial score (nSPS) is 10.1.